The highest BCUT2D eigenvalue weighted by atomic mass is 79.9. The zero-order chi connectivity index (χ0) is 28.7. The van der Waals surface area contributed by atoms with Crippen molar-refractivity contribution in [2.45, 2.75) is 38.3 Å². The summed E-state index contributed by atoms with van der Waals surface area (Å²) in [5, 5.41) is 3.01. The minimum absolute atomic E-state index is 0.000775. The molecule has 3 aromatic rings. The zero-order valence-electron chi connectivity index (χ0n) is 22.1. The van der Waals surface area contributed by atoms with Crippen molar-refractivity contribution in [3.63, 3.8) is 0 Å². The first kappa shape index (κ1) is 30.5. The lowest BCUT2D eigenvalue weighted by molar-refractivity contribution is -0.139. The number of ether oxygens (including phenoxy) is 1. The van der Waals surface area contributed by atoms with E-state index in [-0.39, 0.29) is 33.8 Å². The first-order chi connectivity index (χ1) is 18.5. The third kappa shape index (κ3) is 7.52. The molecule has 8 nitrogen and oxygen atoms in total. The van der Waals surface area contributed by atoms with Gasteiger partial charge in [-0.05, 0) is 68.8 Å². The van der Waals surface area contributed by atoms with Gasteiger partial charge < -0.3 is 15.0 Å². The Morgan fingerprint density at radius 3 is 2.28 bits per heavy atom. The highest BCUT2D eigenvalue weighted by Crippen LogP contribution is 2.35. The van der Waals surface area contributed by atoms with E-state index in [4.69, 9.17) is 16.3 Å². The van der Waals surface area contributed by atoms with E-state index in [1.807, 2.05) is 31.2 Å². The molecule has 0 saturated heterocycles. The molecule has 0 unspecified atom stereocenters. The molecule has 39 heavy (non-hydrogen) atoms. The topological polar surface area (TPSA) is 96.0 Å². The number of nitrogens with one attached hydrogen (secondary N) is 1. The lowest BCUT2D eigenvalue weighted by atomic mass is 10.1. The number of carbonyl (C=O) groups excluding carboxylic acids is 2. The fourth-order valence-corrected chi connectivity index (χ4v) is 5.75. The third-order valence-corrected chi connectivity index (χ3v) is 8.62. The molecule has 0 fully saturated rings. The number of likely N-dealkylation sites (N-methyl/N-ethyl adjacent to an activating group) is 1. The van der Waals surface area contributed by atoms with Crippen molar-refractivity contribution in [1.29, 1.82) is 0 Å². The summed E-state index contributed by atoms with van der Waals surface area (Å²) in [5.74, 6) is -0.704. The maximum absolute atomic E-state index is 14.0. The minimum Gasteiger partial charge on any atom is -0.495 e. The number of benzene rings is 3. The number of nitrogens with zero attached hydrogens (tertiary/aromatic N) is 2. The Bertz CT molecular complexity index is 1420. The predicted octanol–water partition coefficient (Wildman–Crippen LogP) is 5.17. The summed E-state index contributed by atoms with van der Waals surface area (Å²) in [6, 6.07) is 17.3. The number of hydrogen-bond donors (Lipinski definition) is 1. The Morgan fingerprint density at radius 1 is 1.05 bits per heavy atom. The molecular weight excluding hydrogens is 606 g/mol. The van der Waals surface area contributed by atoms with Gasteiger partial charge in [-0.1, -0.05) is 57.4 Å². The van der Waals surface area contributed by atoms with Crippen molar-refractivity contribution >= 4 is 55.1 Å². The number of sulfonamides is 1. The first-order valence-electron chi connectivity index (χ1n) is 12.2. The minimum atomic E-state index is -4.24. The molecular formula is C28H31BrClN3O5S. The second kappa shape index (κ2) is 13.3. The van der Waals surface area contributed by atoms with Crippen LogP contribution in [0, 0.1) is 6.92 Å². The van der Waals surface area contributed by atoms with Crippen LogP contribution in [0.25, 0.3) is 0 Å². The monoisotopic (exact) mass is 635 g/mol. The van der Waals surface area contributed by atoms with E-state index < -0.39 is 28.5 Å². The second-order valence-corrected chi connectivity index (χ2v) is 12.1. The van der Waals surface area contributed by atoms with E-state index in [0.29, 0.717) is 6.54 Å². The number of anilines is 1. The maximum Gasteiger partial charge on any atom is 0.264 e. The molecule has 0 radical (unpaired) electrons. The quantitative estimate of drug-likeness (QED) is 0.314. The van der Waals surface area contributed by atoms with Crippen LogP contribution in [0.3, 0.4) is 0 Å². The lowest BCUT2D eigenvalue weighted by Gasteiger charge is -2.32. The zero-order valence-corrected chi connectivity index (χ0v) is 25.3. The van der Waals surface area contributed by atoms with Crippen LogP contribution in [0.1, 0.15) is 25.0 Å². The third-order valence-electron chi connectivity index (χ3n) is 6.08. The molecule has 3 rings (SSSR count). The van der Waals surface area contributed by atoms with Gasteiger partial charge in [-0.2, -0.15) is 0 Å². The molecule has 0 aliphatic carbocycles. The van der Waals surface area contributed by atoms with Crippen LogP contribution >= 0.6 is 27.5 Å². The first-order valence-corrected chi connectivity index (χ1v) is 14.8. The van der Waals surface area contributed by atoms with E-state index in [9.17, 15) is 18.0 Å². The number of methoxy groups -OCH3 is 1. The van der Waals surface area contributed by atoms with Gasteiger partial charge in [-0.3, -0.25) is 13.9 Å². The van der Waals surface area contributed by atoms with Gasteiger partial charge in [0.1, 0.15) is 18.3 Å². The number of rotatable bonds is 11. The lowest BCUT2D eigenvalue weighted by Crippen LogP contribution is -2.51. The van der Waals surface area contributed by atoms with E-state index in [1.165, 1.54) is 36.3 Å². The summed E-state index contributed by atoms with van der Waals surface area (Å²) in [5.41, 5.74) is 1.76. The molecule has 11 heteroatoms. The van der Waals surface area contributed by atoms with E-state index in [0.717, 1.165) is 19.9 Å². The highest BCUT2D eigenvalue weighted by molar-refractivity contribution is 9.10. The van der Waals surface area contributed by atoms with Gasteiger partial charge in [0.25, 0.3) is 10.0 Å². The molecule has 0 heterocycles. The highest BCUT2D eigenvalue weighted by Gasteiger charge is 2.34. The van der Waals surface area contributed by atoms with Gasteiger partial charge >= 0.3 is 0 Å². The molecule has 0 aromatic heterocycles. The smallest absolute Gasteiger partial charge is 0.264 e. The van der Waals surface area contributed by atoms with Crippen LogP contribution in [-0.4, -0.2) is 51.4 Å². The maximum atomic E-state index is 14.0. The van der Waals surface area contributed by atoms with Crippen molar-refractivity contribution in [2.75, 3.05) is 24.5 Å². The van der Waals surface area contributed by atoms with Crippen molar-refractivity contribution < 1.29 is 22.7 Å². The summed E-state index contributed by atoms with van der Waals surface area (Å²) < 4.78 is 35.2. The Hall–Kier alpha value is -3.08. The summed E-state index contributed by atoms with van der Waals surface area (Å²) in [4.78, 5) is 28.1. The fraction of sp³-hybridized carbons (Fsp3) is 0.286. The van der Waals surface area contributed by atoms with Gasteiger partial charge in [0, 0.05) is 22.6 Å². The SMILES string of the molecule is CCNC(=O)[C@H](C)N(Cc1ccc(Br)cc1)C(=O)CN(c1cc(Cl)ccc1OC)S(=O)(=O)c1ccc(C)cc1. The number of hydrogen-bond acceptors (Lipinski definition) is 5. The summed E-state index contributed by atoms with van der Waals surface area (Å²) in [7, 11) is -2.84. The van der Waals surface area contributed by atoms with Gasteiger partial charge in [-0.25, -0.2) is 8.42 Å². The Kier molecular flexibility index (Phi) is 10.4. The average molecular weight is 637 g/mol. The molecule has 1 N–H and O–H groups in total. The number of amides is 2. The Morgan fingerprint density at radius 2 is 1.69 bits per heavy atom. The summed E-state index contributed by atoms with van der Waals surface area (Å²) >= 11 is 9.65. The molecule has 0 aliphatic rings. The fourth-order valence-electron chi connectivity index (χ4n) is 3.90. The van der Waals surface area contributed by atoms with Crippen LogP contribution in [-0.2, 0) is 26.2 Å². The van der Waals surface area contributed by atoms with Crippen LogP contribution < -0.4 is 14.4 Å². The van der Waals surface area contributed by atoms with Crippen LogP contribution in [0.5, 0.6) is 5.75 Å². The summed E-state index contributed by atoms with van der Waals surface area (Å²) in [6.45, 7) is 5.13. The van der Waals surface area contributed by atoms with Gasteiger partial charge in [0.15, 0.2) is 0 Å². The number of halogens is 2. The van der Waals surface area contributed by atoms with Crippen molar-refractivity contribution in [3.8, 4) is 5.75 Å². The molecule has 0 bridgehead atoms. The molecule has 208 valence electrons. The van der Waals surface area contributed by atoms with Crippen LogP contribution in [0.2, 0.25) is 5.02 Å². The van der Waals surface area contributed by atoms with Crippen LogP contribution in [0.4, 0.5) is 5.69 Å². The Labute approximate surface area is 243 Å². The molecule has 1 atom stereocenters. The van der Waals surface area contributed by atoms with Gasteiger partial charge in [-0.15, -0.1) is 0 Å². The van der Waals surface area contributed by atoms with Gasteiger partial charge in [0.2, 0.25) is 11.8 Å². The largest absolute Gasteiger partial charge is 0.495 e. The van der Waals surface area contributed by atoms with E-state index in [2.05, 4.69) is 21.2 Å². The van der Waals surface area contributed by atoms with Gasteiger partial charge in [0.05, 0.1) is 17.7 Å². The summed E-state index contributed by atoms with van der Waals surface area (Å²) in [6.07, 6.45) is 0. The van der Waals surface area contributed by atoms with E-state index >= 15 is 0 Å². The second-order valence-electron chi connectivity index (χ2n) is 8.86. The molecule has 0 spiro atoms. The molecule has 2 amide bonds. The van der Waals surface area contributed by atoms with Crippen LogP contribution in [0.15, 0.2) is 76.1 Å². The van der Waals surface area contributed by atoms with Crippen molar-refractivity contribution in [3.05, 3.63) is 87.4 Å². The standard InChI is InChI=1S/C28H31BrClN3O5S/c1-5-31-28(35)20(3)32(17-21-8-10-22(29)11-9-21)27(34)18-33(25-16-23(30)12-15-26(25)38-4)39(36,37)24-13-6-19(2)7-14-24/h6-16,20H,5,17-18H2,1-4H3,(H,31,35)/t20-/m0/s1. The van der Waals surface area contributed by atoms with E-state index in [1.54, 1.807) is 32.0 Å². The number of carbonyl (C=O) groups is 2. The Balaban J connectivity index is 2.09. The molecule has 0 aliphatic heterocycles. The molecule has 0 saturated carbocycles. The normalized spacial score (nSPS) is 11.9. The average Bonchev–Trinajstić information content (AvgIpc) is 2.91. The predicted molar refractivity (Wildman–Crippen MR) is 157 cm³/mol. The number of aryl methyl sites for hydroxylation is 1. The van der Waals surface area contributed by atoms with Crippen molar-refractivity contribution in [1.82, 2.24) is 10.2 Å². The van der Waals surface area contributed by atoms with Crippen molar-refractivity contribution in [2.24, 2.45) is 0 Å². The molecule has 3 aromatic carbocycles.